The largest absolute Gasteiger partial charge is 0.492 e. The number of methoxy groups -OCH3 is 1. The number of carboxylic acids is 1. The zero-order valence-electron chi connectivity index (χ0n) is 22.3. The van der Waals surface area contributed by atoms with Crippen molar-refractivity contribution in [2.75, 3.05) is 32.1 Å². The number of fused-ring (bicyclic) bond motifs is 1. The van der Waals surface area contributed by atoms with E-state index < -0.39 is 55.2 Å². The van der Waals surface area contributed by atoms with Crippen LogP contribution < -0.4 is 15.1 Å². The highest BCUT2D eigenvalue weighted by molar-refractivity contribution is 7.72. The molecule has 1 unspecified atom stereocenters. The first-order valence-corrected chi connectivity index (χ1v) is 15.7. The number of aromatic carboxylic acids is 1. The van der Waals surface area contributed by atoms with Gasteiger partial charge in [-0.25, -0.2) is 14.0 Å². The topological polar surface area (TPSA) is 216 Å². The quantitative estimate of drug-likeness (QED) is 0.268. The van der Waals surface area contributed by atoms with E-state index in [1.54, 1.807) is 9.47 Å². The molecule has 1 aromatic heterocycles. The number of carboxylic acid groups (broad SMARTS) is 1. The molecule has 15 nitrogen and oxygen atoms in total. The first-order valence-electron chi connectivity index (χ1n) is 12.4. The number of pyridine rings is 1. The molecule has 2 heterocycles. The molecule has 4 rings (SSSR count). The maximum absolute atomic E-state index is 15.7. The van der Waals surface area contributed by atoms with Crippen molar-refractivity contribution in [3.8, 4) is 5.75 Å². The number of rotatable bonds is 8. The Kier molecular flexibility index (Phi) is 8.06. The van der Waals surface area contributed by atoms with Gasteiger partial charge in [0.2, 0.25) is 5.43 Å². The third kappa shape index (κ3) is 5.47. The molecule has 5 N–H and O–H groups in total. The number of carbonyl (C=O) groups excluding carboxylic acids is 1. The van der Waals surface area contributed by atoms with Crippen LogP contribution >= 0.6 is 15.2 Å². The highest BCUT2D eigenvalue weighted by Gasteiger charge is 2.61. The lowest BCUT2D eigenvalue weighted by Gasteiger charge is -2.40. The molecule has 41 heavy (non-hydrogen) atoms. The number of piperidine rings is 1. The van der Waals surface area contributed by atoms with E-state index in [0.717, 1.165) is 11.0 Å². The molecule has 18 heteroatoms. The van der Waals surface area contributed by atoms with Gasteiger partial charge < -0.3 is 48.5 Å². The van der Waals surface area contributed by atoms with Crippen LogP contribution in [0.5, 0.6) is 5.75 Å². The van der Waals surface area contributed by atoms with Gasteiger partial charge in [-0.05, 0) is 38.7 Å². The van der Waals surface area contributed by atoms with Gasteiger partial charge in [-0.15, -0.1) is 0 Å². The van der Waals surface area contributed by atoms with Gasteiger partial charge in [0.25, 0.3) is 0 Å². The maximum atomic E-state index is 15.7. The first-order chi connectivity index (χ1) is 18.9. The predicted octanol–water partition coefficient (Wildman–Crippen LogP) is 2.25. The summed E-state index contributed by atoms with van der Waals surface area (Å²) in [6.45, 7) is 0.674. The Bertz CT molecular complexity index is 1540. The Morgan fingerprint density at radius 3 is 2.27 bits per heavy atom. The van der Waals surface area contributed by atoms with Crippen molar-refractivity contribution >= 4 is 43.8 Å². The van der Waals surface area contributed by atoms with E-state index in [9.17, 15) is 48.2 Å². The van der Waals surface area contributed by atoms with Crippen LogP contribution in [0, 0.1) is 5.82 Å². The molecule has 226 valence electrons. The summed E-state index contributed by atoms with van der Waals surface area (Å²) >= 11 is 0. The fourth-order valence-corrected chi connectivity index (χ4v) is 6.62. The first kappa shape index (κ1) is 30.9. The van der Waals surface area contributed by atoms with E-state index in [4.69, 9.17) is 9.47 Å². The van der Waals surface area contributed by atoms with E-state index in [0.29, 0.717) is 32.6 Å². The van der Waals surface area contributed by atoms with E-state index in [1.165, 1.54) is 20.4 Å². The second-order valence-corrected chi connectivity index (χ2v) is 14.4. The van der Waals surface area contributed by atoms with Crippen molar-refractivity contribution in [3.05, 3.63) is 33.9 Å². The predicted molar refractivity (Wildman–Crippen MR) is 142 cm³/mol. The molecular weight excluding hydrogens is 591 g/mol. The van der Waals surface area contributed by atoms with E-state index >= 15 is 4.39 Å². The number of amides is 1. The van der Waals surface area contributed by atoms with Crippen LogP contribution in [0.1, 0.15) is 49.0 Å². The lowest BCUT2D eigenvalue weighted by molar-refractivity contribution is 0.0526. The zero-order valence-corrected chi connectivity index (χ0v) is 24.0. The molecule has 2 aliphatic rings. The van der Waals surface area contributed by atoms with Gasteiger partial charge in [-0.2, -0.15) is 0 Å². The van der Waals surface area contributed by atoms with Crippen LogP contribution in [0.2, 0.25) is 0 Å². The summed E-state index contributed by atoms with van der Waals surface area (Å²) in [6, 6.07) is 0.0816. The summed E-state index contributed by atoms with van der Waals surface area (Å²) in [5.41, 5.74) is -1.20. The number of ether oxygens (including phenoxy) is 2. The third-order valence-electron chi connectivity index (χ3n) is 7.48. The molecule has 0 bridgehead atoms. The Hall–Kier alpha value is -3.00. The highest BCUT2D eigenvalue weighted by atomic mass is 31.2. The molecule has 0 spiro atoms. The summed E-state index contributed by atoms with van der Waals surface area (Å²) in [6.07, 6.45) is 1.96. The molecule has 1 atom stereocenters. The number of benzene rings is 1. The summed E-state index contributed by atoms with van der Waals surface area (Å²) in [4.78, 5) is 78.0. The Morgan fingerprint density at radius 2 is 1.76 bits per heavy atom. The second kappa shape index (κ2) is 10.7. The lowest BCUT2D eigenvalue weighted by Crippen LogP contribution is -2.50. The van der Waals surface area contributed by atoms with Crippen molar-refractivity contribution in [1.82, 2.24) is 9.47 Å². The number of hydrogen-bond acceptors (Lipinski definition) is 8. The number of nitrogens with zero attached hydrogens (tertiary/aromatic N) is 3. The average molecular weight is 621 g/mol. The fraction of sp³-hybridized carbons (Fsp3) is 0.522. The standard InChI is InChI=1S/C23H30FN3O12P2/c1-23(40(32,33)34,41(35,36)37)39-22(31)25(2)13-5-4-8-26(10-13)18-16(24)9-14-17(20(18)38-3)27(12-6-7-12)11-15(19(14)28)21(29)30/h9,11-13H,4-8,10H2,1-3H3,(H,29,30)(H2,32,33,34)(H2,35,36,37). The molecule has 2 fully saturated rings. The number of aromatic nitrogens is 1. The highest BCUT2D eigenvalue weighted by Crippen LogP contribution is 2.69. The van der Waals surface area contributed by atoms with Gasteiger partial charge in [-0.3, -0.25) is 13.9 Å². The minimum atomic E-state index is -5.64. The van der Waals surface area contributed by atoms with Crippen LogP contribution in [0.25, 0.3) is 10.9 Å². The smallest absolute Gasteiger partial charge is 0.411 e. The maximum Gasteiger partial charge on any atom is 0.411 e. The number of hydrogen-bond donors (Lipinski definition) is 5. The molecule has 1 aromatic carbocycles. The SMILES string of the molecule is COc1c(N2CCCC(N(C)C(=O)OC(C)(P(=O)(O)O)P(=O)(O)O)C2)c(F)cc2c(=O)c(C(=O)O)cn(C3CC3)c12. The van der Waals surface area contributed by atoms with Crippen molar-refractivity contribution in [3.63, 3.8) is 0 Å². The van der Waals surface area contributed by atoms with Crippen LogP contribution in [0.3, 0.4) is 0 Å². The molecule has 1 saturated heterocycles. The number of anilines is 1. The summed E-state index contributed by atoms with van der Waals surface area (Å²) in [5.74, 6) is -2.34. The van der Waals surface area contributed by atoms with Gasteiger partial charge in [-0.1, -0.05) is 0 Å². The molecule has 1 amide bonds. The lowest BCUT2D eigenvalue weighted by atomic mass is 10.0. The molecule has 1 aliphatic heterocycles. The molecular formula is C23H30FN3O12P2. The van der Waals surface area contributed by atoms with Crippen molar-refractivity contribution in [2.24, 2.45) is 0 Å². The summed E-state index contributed by atoms with van der Waals surface area (Å²) < 4.78 is 51.2. The second-order valence-electron chi connectivity index (χ2n) is 10.2. The molecule has 1 aliphatic carbocycles. The van der Waals surface area contributed by atoms with Crippen LogP contribution in [0.15, 0.2) is 17.1 Å². The zero-order chi connectivity index (χ0) is 30.7. The average Bonchev–Trinajstić information content (AvgIpc) is 3.72. The third-order valence-corrected chi connectivity index (χ3v) is 11.4. The monoisotopic (exact) mass is 621 g/mol. The van der Waals surface area contributed by atoms with E-state index in [2.05, 4.69) is 0 Å². The summed E-state index contributed by atoms with van der Waals surface area (Å²) in [7, 11) is -8.79. The molecule has 1 saturated carbocycles. The normalized spacial score (nSPS) is 18.3. The van der Waals surface area contributed by atoms with Crippen LogP contribution in [-0.4, -0.2) is 84.6 Å². The molecule has 2 aromatic rings. The number of halogens is 1. The van der Waals surface area contributed by atoms with E-state index in [-0.39, 0.29) is 41.5 Å². The van der Waals surface area contributed by atoms with Gasteiger partial charge in [0, 0.05) is 32.4 Å². The Morgan fingerprint density at radius 1 is 1.15 bits per heavy atom. The summed E-state index contributed by atoms with van der Waals surface area (Å²) in [5, 5.41) is 5.93. The van der Waals surface area contributed by atoms with Gasteiger partial charge in [0.05, 0.1) is 24.1 Å². The minimum Gasteiger partial charge on any atom is -0.492 e. The number of likely N-dealkylation sites (N-methyl/N-ethyl adjacent to an activating group) is 1. The van der Waals surface area contributed by atoms with Gasteiger partial charge in [0.1, 0.15) is 11.3 Å². The Labute approximate surface area is 232 Å². The van der Waals surface area contributed by atoms with Crippen LogP contribution in [0.4, 0.5) is 14.9 Å². The van der Waals surface area contributed by atoms with Crippen molar-refractivity contribution in [1.29, 1.82) is 0 Å². The Balaban J connectivity index is 1.72. The van der Waals surface area contributed by atoms with Crippen molar-refractivity contribution < 1.29 is 57.3 Å². The van der Waals surface area contributed by atoms with E-state index in [1.807, 2.05) is 0 Å². The van der Waals surface area contributed by atoms with Gasteiger partial charge in [0.15, 0.2) is 11.6 Å². The van der Waals surface area contributed by atoms with Gasteiger partial charge >= 0.3 is 32.3 Å². The van der Waals surface area contributed by atoms with Crippen LogP contribution in [-0.2, 0) is 13.9 Å². The molecule has 0 radical (unpaired) electrons. The minimum absolute atomic E-state index is 0.0117. The number of carbonyl (C=O) groups is 2. The van der Waals surface area contributed by atoms with Crippen molar-refractivity contribution in [2.45, 2.75) is 49.8 Å². The fourth-order valence-electron chi connectivity index (χ4n) is 4.87.